The molecule has 3 nitrogen and oxygen atoms in total. The van der Waals surface area contributed by atoms with E-state index in [9.17, 15) is 0 Å². The number of nitrogens with one attached hydrogen (secondary N) is 1. The van der Waals surface area contributed by atoms with Crippen LogP contribution in [0, 0.1) is 0 Å². The van der Waals surface area contributed by atoms with E-state index in [4.69, 9.17) is 4.98 Å². The van der Waals surface area contributed by atoms with Gasteiger partial charge in [0.05, 0.1) is 11.0 Å². The van der Waals surface area contributed by atoms with E-state index < -0.39 is 0 Å². The first kappa shape index (κ1) is 11.9. The number of aryl methyl sites for hydroxylation is 1. The molecule has 2 aromatic carbocycles. The van der Waals surface area contributed by atoms with Crippen LogP contribution in [0.3, 0.4) is 0 Å². The first-order valence-corrected chi connectivity index (χ1v) is 6.45. The quantitative estimate of drug-likeness (QED) is 0.775. The molecule has 1 heterocycles. The van der Waals surface area contributed by atoms with Crippen LogP contribution in [0.1, 0.15) is 5.56 Å². The number of hydrogen-bond donors (Lipinski definition) is 1. The van der Waals surface area contributed by atoms with E-state index in [-0.39, 0.29) is 0 Å². The largest absolute Gasteiger partial charge is 0.327 e. The van der Waals surface area contributed by atoms with Crippen molar-refractivity contribution in [3.8, 4) is 11.4 Å². The van der Waals surface area contributed by atoms with E-state index >= 15 is 0 Å². The van der Waals surface area contributed by atoms with E-state index in [1.54, 1.807) is 0 Å². The van der Waals surface area contributed by atoms with Gasteiger partial charge in [-0.3, -0.25) is 0 Å². The molecule has 96 valence electrons. The van der Waals surface area contributed by atoms with Crippen molar-refractivity contribution < 1.29 is 0 Å². The third-order valence-electron chi connectivity index (χ3n) is 3.36. The molecule has 0 spiro atoms. The van der Waals surface area contributed by atoms with Gasteiger partial charge in [-0.2, -0.15) is 0 Å². The van der Waals surface area contributed by atoms with E-state index in [1.807, 2.05) is 25.2 Å². The molecule has 0 saturated carbocycles. The first-order chi connectivity index (χ1) is 9.29. The molecule has 3 heteroatoms. The van der Waals surface area contributed by atoms with Gasteiger partial charge >= 0.3 is 0 Å². The molecule has 0 aliphatic heterocycles. The maximum atomic E-state index is 4.76. The lowest BCUT2D eigenvalue weighted by atomic mass is 10.2. The second-order valence-electron chi connectivity index (χ2n) is 4.71. The summed E-state index contributed by atoms with van der Waals surface area (Å²) in [7, 11) is 4.02. The summed E-state index contributed by atoms with van der Waals surface area (Å²) >= 11 is 0. The highest BCUT2D eigenvalue weighted by Crippen LogP contribution is 2.24. The predicted molar refractivity (Wildman–Crippen MR) is 78.9 cm³/mol. The zero-order valence-electron chi connectivity index (χ0n) is 11.2. The van der Waals surface area contributed by atoms with E-state index in [0.29, 0.717) is 0 Å². The lowest BCUT2D eigenvalue weighted by Gasteiger charge is -2.02. The van der Waals surface area contributed by atoms with Crippen molar-refractivity contribution in [3.05, 3.63) is 54.1 Å². The number of hydrogen-bond acceptors (Lipinski definition) is 2. The summed E-state index contributed by atoms with van der Waals surface area (Å²) in [5, 5.41) is 3.17. The Balaban J connectivity index is 2.14. The number of fused-ring (bicyclic) bond motifs is 1. The van der Waals surface area contributed by atoms with Crippen LogP contribution in [-0.2, 0) is 13.6 Å². The molecule has 0 unspecified atom stereocenters. The molecule has 1 N–H and O–H groups in total. The fraction of sp³-hybridized carbons (Fsp3) is 0.188. The van der Waals surface area contributed by atoms with E-state index in [2.05, 4.69) is 47.3 Å². The Kier molecular flexibility index (Phi) is 3.05. The average molecular weight is 251 g/mol. The Labute approximate surface area is 112 Å². The zero-order chi connectivity index (χ0) is 13.2. The Morgan fingerprint density at radius 3 is 2.63 bits per heavy atom. The Hall–Kier alpha value is -2.13. The molecule has 1 aromatic heterocycles. The summed E-state index contributed by atoms with van der Waals surface area (Å²) in [6.45, 7) is 0.868. The van der Waals surface area contributed by atoms with Gasteiger partial charge in [0.15, 0.2) is 0 Å². The molecule has 0 atom stereocenters. The van der Waals surface area contributed by atoms with E-state index in [1.165, 1.54) is 11.1 Å². The zero-order valence-corrected chi connectivity index (χ0v) is 11.2. The second-order valence-corrected chi connectivity index (χ2v) is 4.71. The van der Waals surface area contributed by atoms with Crippen LogP contribution in [0.15, 0.2) is 48.5 Å². The van der Waals surface area contributed by atoms with Crippen molar-refractivity contribution >= 4 is 11.0 Å². The summed E-state index contributed by atoms with van der Waals surface area (Å²) in [5.74, 6) is 1.01. The van der Waals surface area contributed by atoms with Crippen LogP contribution < -0.4 is 5.32 Å². The number of imidazole rings is 1. The summed E-state index contributed by atoms with van der Waals surface area (Å²) in [6, 6.07) is 16.7. The summed E-state index contributed by atoms with van der Waals surface area (Å²) in [4.78, 5) is 4.76. The highest BCUT2D eigenvalue weighted by atomic mass is 15.1. The second kappa shape index (κ2) is 4.86. The van der Waals surface area contributed by atoms with Gasteiger partial charge in [-0.1, -0.05) is 36.4 Å². The van der Waals surface area contributed by atoms with Gasteiger partial charge in [-0.25, -0.2) is 4.98 Å². The van der Waals surface area contributed by atoms with Crippen LogP contribution in [0.4, 0.5) is 0 Å². The summed E-state index contributed by atoms with van der Waals surface area (Å²) in [6.07, 6.45) is 0. The normalized spacial score (nSPS) is 11.1. The molecule has 0 aliphatic carbocycles. The summed E-state index contributed by atoms with van der Waals surface area (Å²) in [5.41, 5.74) is 4.62. The van der Waals surface area contributed by atoms with Gasteiger partial charge < -0.3 is 9.88 Å². The van der Waals surface area contributed by atoms with Gasteiger partial charge in [0, 0.05) is 19.2 Å². The summed E-state index contributed by atoms with van der Waals surface area (Å²) < 4.78 is 2.15. The highest BCUT2D eigenvalue weighted by Gasteiger charge is 2.09. The minimum atomic E-state index is 0.868. The van der Waals surface area contributed by atoms with Crippen molar-refractivity contribution in [2.45, 2.75) is 6.54 Å². The minimum Gasteiger partial charge on any atom is -0.327 e. The van der Waals surface area contributed by atoms with E-state index in [0.717, 1.165) is 23.4 Å². The molecule has 0 amide bonds. The fourth-order valence-corrected chi connectivity index (χ4v) is 2.40. The van der Waals surface area contributed by atoms with Crippen molar-refractivity contribution in [2.24, 2.45) is 7.05 Å². The minimum absolute atomic E-state index is 0.868. The Bertz CT molecular complexity index is 699. The van der Waals surface area contributed by atoms with Crippen molar-refractivity contribution in [2.75, 3.05) is 7.05 Å². The van der Waals surface area contributed by atoms with Crippen LogP contribution in [0.5, 0.6) is 0 Å². The monoisotopic (exact) mass is 251 g/mol. The van der Waals surface area contributed by atoms with Crippen LogP contribution in [-0.4, -0.2) is 16.6 Å². The molecule has 0 aliphatic rings. The molecule has 0 radical (unpaired) electrons. The van der Waals surface area contributed by atoms with Gasteiger partial charge in [-0.15, -0.1) is 0 Å². The first-order valence-electron chi connectivity index (χ1n) is 6.45. The molecule has 3 rings (SSSR count). The van der Waals surface area contributed by atoms with Crippen molar-refractivity contribution in [1.29, 1.82) is 0 Å². The molecule has 0 fully saturated rings. The molecule has 0 saturated heterocycles. The Morgan fingerprint density at radius 2 is 1.89 bits per heavy atom. The van der Waals surface area contributed by atoms with Gasteiger partial charge in [-0.05, 0) is 24.7 Å². The lowest BCUT2D eigenvalue weighted by Crippen LogP contribution is -2.04. The molecule has 3 aromatic rings. The van der Waals surface area contributed by atoms with Crippen molar-refractivity contribution in [1.82, 2.24) is 14.9 Å². The lowest BCUT2D eigenvalue weighted by molar-refractivity contribution is 0.819. The predicted octanol–water partition coefficient (Wildman–Crippen LogP) is 2.96. The number of rotatable bonds is 3. The maximum absolute atomic E-state index is 4.76. The van der Waals surface area contributed by atoms with Crippen LogP contribution in [0.2, 0.25) is 0 Å². The van der Waals surface area contributed by atoms with Crippen LogP contribution >= 0.6 is 0 Å². The van der Waals surface area contributed by atoms with Gasteiger partial charge in [0.25, 0.3) is 0 Å². The fourth-order valence-electron chi connectivity index (χ4n) is 2.40. The van der Waals surface area contributed by atoms with Crippen molar-refractivity contribution in [3.63, 3.8) is 0 Å². The molecule has 19 heavy (non-hydrogen) atoms. The molecule has 0 bridgehead atoms. The third-order valence-corrected chi connectivity index (χ3v) is 3.36. The van der Waals surface area contributed by atoms with Crippen LogP contribution in [0.25, 0.3) is 22.4 Å². The molecular formula is C16H17N3. The highest BCUT2D eigenvalue weighted by molar-refractivity contribution is 5.81. The van der Waals surface area contributed by atoms with Gasteiger partial charge in [0.2, 0.25) is 0 Å². The molecular weight excluding hydrogens is 234 g/mol. The Morgan fingerprint density at radius 1 is 1.11 bits per heavy atom. The number of benzene rings is 2. The smallest absolute Gasteiger partial charge is 0.140 e. The topological polar surface area (TPSA) is 29.9 Å². The number of aromatic nitrogens is 2. The van der Waals surface area contributed by atoms with Gasteiger partial charge in [0.1, 0.15) is 5.82 Å². The SMILES string of the molecule is CNCc1ccc2c(c1)nc(-c1ccccc1)n2C. The average Bonchev–Trinajstić information content (AvgIpc) is 2.77. The maximum Gasteiger partial charge on any atom is 0.140 e. The third kappa shape index (κ3) is 2.13. The standard InChI is InChI=1S/C16H17N3/c1-17-11-12-8-9-15-14(10-12)18-16(19(15)2)13-6-4-3-5-7-13/h3-10,17H,11H2,1-2H3. The number of nitrogens with zero attached hydrogens (tertiary/aromatic N) is 2.